The zero-order valence-corrected chi connectivity index (χ0v) is 15.8. The van der Waals surface area contributed by atoms with Crippen LogP contribution in [0.25, 0.3) is 0 Å². The van der Waals surface area contributed by atoms with E-state index < -0.39 is 0 Å². The summed E-state index contributed by atoms with van der Waals surface area (Å²) in [5, 5.41) is 6.67. The van der Waals surface area contributed by atoms with Gasteiger partial charge in [-0.05, 0) is 26.7 Å². The maximum atomic E-state index is 5.76. The summed E-state index contributed by atoms with van der Waals surface area (Å²) in [6, 6.07) is 0. The molecule has 1 aliphatic rings. The van der Waals surface area contributed by atoms with Gasteiger partial charge in [-0.25, -0.2) is 0 Å². The fraction of sp³-hybridized carbons (Fsp3) is 0.941. The second-order valence-electron chi connectivity index (χ2n) is 6.25. The van der Waals surface area contributed by atoms with E-state index in [1.807, 2.05) is 0 Å². The van der Waals surface area contributed by atoms with Crippen molar-refractivity contribution < 1.29 is 14.2 Å². The van der Waals surface area contributed by atoms with Gasteiger partial charge in [0, 0.05) is 53.5 Å². The van der Waals surface area contributed by atoms with Crippen LogP contribution in [0.3, 0.4) is 0 Å². The topological polar surface area (TPSA) is 67.4 Å². The predicted octanol–water partition coefficient (Wildman–Crippen LogP) is 0.704. The van der Waals surface area contributed by atoms with Crippen LogP contribution >= 0.6 is 0 Å². The average molecular weight is 345 g/mol. The monoisotopic (exact) mass is 344 g/mol. The fourth-order valence-corrected chi connectivity index (χ4v) is 2.82. The molecule has 24 heavy (non-hydrogen) atoms. The second-order valence-corrected chi connectivity index (χ2v) is 6.25. The largest absolute Gasteiger partial charge is 0.382 e. The van der Waals surface area contributed by atoms with Crippen LogP contribution in [0.15, 0.2) is 4.99 Å². The number of rotatable bonds is 11. The quantitative estimate of drug-likeness (QED) is 0.327. The van der Waals surface area contributed by atoms with Crippen molar-refractivity contribution in [1.82, 2.24) is 15.5 Å². The van der Waals surface area contributed by atoms with Gasteiger partial charge in [0.25, 0.3) is 0 Å². The Morgan fingerprint density at radius 2 is 1.75 bits per heavy atom. The van der Waals surface area contributed by atoms with E-state index >= 15 is 0 Å². The SMILES string of the molecule is CN=C(NCCCOCCOC)NCCCN1CC(C)OC(C)C1. The first kappa shape index (κ1) is 21.2. The van der Waals surface area contributed by atoms with Crippen LogP contribution in [0.2, 0.25) is 0 Å². The third-order valence-corrected chi connectivity index (χ3v) is 3.85. The summed E-state index contributed by atoms with van der Waals surface area (Å²) in [7, 11) is 3.48. The molecule has 1 rings (SSSR count). The number of methoxy groups -OCH3 is 1. The van der Waals surface area contributed by atoms with Gasteiger partial charge in [-0.15, -0.1) is 0 Å². The molecule has 0 radical (unpaired) electrons. The van der Waals surface area contributed by atoms with Crippen LogP contribution in [0.1, 0.15) is 26.7 Å². The minimum absolute atomic E-state index is 0.335. The molecule has 0 bridgehead atoms. The molecular formula is C17H36N4O3. The Labute approximate surface area is 147 Å². The van der Waals surface area contributed by atoms with Crippen molar-refractivity contribution in [1.29, 1.82) is 0 Å². The molecule has 0 saturated carbocycles. The highest BCUT2D eigenvalue weighted by molar-refractivity contribution is 5.79. The normalized spacial score (nSPS) is 22.6. The maximum Gasteiger partial charge on any atom is 0.190 e. The number of ether oxygens (including phenoxy) is 3. The zero-order valence-electron chi connectivity index (χ0n) is 15.8. The summed E-state index contributed by atoms with van der Waals surface area (Å²) < 4.78 is 16.1. The predicted molar refractivity (Wildman–Crippen MR) is 97.7 cm³/mol. The van der Waals surface area contributed by atoms with Crippen molar-refractivity contribution in [3.63, 3.8) is 0 Å². The molecular weight excluding hydrogens is 308 g/mol. The van der Waals surface area contributed by atoms with Gasteiger partial charge >= 0.3 is 0 Å². The van der Waals surface area contributed by atoms with Crippen LogP contribution < -0.4 is 10.6 Å². The highest BCUT2D eigenvalue weighted by atomic mass is 16.5. The smallest absolute Gasteiger partial charge is 0.190 e. The van der Waals surface area contributed by atoms with E-state index in [2.05, 4.69) is 34.4 Å². The van der Waals surface area contributed by atoms with Gasteiger partial charge in [-0.3, -0.25) is 9.89 Å². The number of hydrogen-bond donors (Lipinski definition) is 2. The van der Waals surface area contributed by atoms with Gasteiger partial charge in [0.15, 0.2) is 5.96 Å². The van der Waals surface area contributed by atoms with Crippen LogP contribution in [-0.2, 0) is 14.2 Å². The summed E-state index contributed by atoms with van der Waals surface area (Å²) in [4.78, 5) is 6.72. The van der Waals surface area contributed by atoms with Gasteiger partial charge in [-0.2, -0.15) is 0 Å². The Bertz CT molecular complexity index is 332. The number of aliphatic imine (C=N–C) groups is 1. The summed E-state index contributed by atoms with van der Waals surface area (Å²) in [5.74, 6) is 0.857. The minimum atomic E-state index is 0.335. The molecule has 0 spiro atoms. The molecule has 1 aliphatic heterocycles. The van der Waals surface area contributed by atoms with Crippen LogP contribution in [0.4, 0.5) is 0 Å². The lowest BCUT2D eigenvalue weighted by molar-refractivity contribution is -0.0679. The van der Waals surface area contributed by atoms with Crippen molar-refractivity contribution >= 4 is 5.96 Å². The van der Waals surface area contributed by atoms with Gasteiger partial charge in [0.1, 0.15) is 0 Å². The first-order valence-electron chi connectivity index (χ1n) is 9.04. The second kappa shape index (κ2) is 13.4. The lowest BCUT2D eigenvalue weighted by atomic mass is 10.2. The number of hydrogen-bond acceptors (Lipinski definition) is 5. The molecule has 0 aliphatic carbocycles. The Morgan fingerprint density at radius 1 is 1.08 bits per heavy atom. The Hall–Kier alpha value is -0.890. The Balaban J connectivity index is 2.01. The summed E-state index contributed by atoms with van der Waals surface area (Å²) in [5.41, 5.74) is 0. The molecule has 1 fully saturated rings. The summed E-state index contributed by atoms with van der Waals surface area (Å²) in [6.07, 6.45) is 2.72. The van der Waals surface area contributed by atoms with Crippen LogP contribution in [0.5, 0.6) is 0 Å². The highest BCUT2D eigenvalue weighted by Crippen LogP contribution is 2.10. The molecule has 0 aromatic heterocycles. The number of nitrogens with one attached hydrogen (secondary N) is 2. The maximum absolute atomic E-state index is 5.76. The van der Waals surface area contributed by atoms with Crippen molar-refractivity contribution in [3.05, 3.63) is 0 Å². The third kappa shape index (κ3) is 10.1. The molecule has 0 amide bonds. The van der Waals surface area contributed by atoms with E-state index in [-0.39, 0.29) is 0 Å². The molecule has 142 valence electrons. The van der Waals surface area contributed by atoms with Crippen LogP contribution in [-0.4, -0.2) is 89.8 Å². The molecule has 0 aromatic carbocycles. The highest BCUT2D eigenvalue weighted by Gasteiger charge is 2.21. The van der Waals surface area contributed by atoms with E-state index in [0.717, 1.165) is 58.1 Å². The minimum Gasteiger partial charge on any atom is -0.382 e. The number of guanidine groups is 1. The van der Waals surface area contributed by atoms with Crippen LogP contribution in [0, 0.1) is 0 Å². The van der Waals surface area contributed by atoms with E-state index in [0.29, 0.717) is 25.4 Å². The summed E-state index contributed by atoms with van der Waals surface area (Å²) in [6.45, 7) is 11.3. The average Bonchev–Trinajstić information content (AvgIpc) is 2.55. The standard InChI is InChI=1S/C17H36N4O3/c1-15-13-21(14-16(2)24-15)9-5-7-19-17(18-3)20-8-6-10-23-12-11-22-4/h15-16H,5-14H2,1-4H3,(H2,18,19,20). The van der Waals surface area contributed by atoms with E-state index in [4.69, 9.17) is 14.2 Å². The van der Waals surface area contributed by atoms with Gasteiger partial charge in [0.2, 0.25) is 0 Å². The molecule has 1 heterocycles. The van der Waals surface area contributed by atoms with Gasteiger partial charge < -0.3 is 24.8 Å². The molecule has 7 nitrogen and oxygen atoms in total. The van der Waals surface area contributed by atoms with E-state index in [9.17, 15) is 0 Å². The number of morpholine rings is 1. The van der Waals surface area contributed by atoms with E-state index in [1.165, 1.54) is 0 Å². The number of nitrogens with zero attached hydrogens (tertiary/aromatic N) is 2. The lowest BCUT2D eigenvalue weighted by Gasteiger charge is -2.35. The first-order valence-corrected chi connectivity index (χ1v) is 9.04. The van der Waals surface area contributed by atoms with Crippen molar-refractivity contribution in [2.75, 3.05) is 66.7 Å². The lowest BCUT2D eigenvalue weighted by Crippen LogP contribution is -2.46. The van der Waals surface area contributed by atoms with Gasteiger partial charge in [-0.1, -0.05) is 0 Å². The molecule has 2 N–H and O–H groups in total. The van der Waals surface area contributed by atoms with E-state index in [1.54, 1.807) is 14.2 Å². The fourth-order valence-electron chi connectivity index (χ4n) is 2.82. The Morgan fingerprint density at radius 3 is 2.38 bits per heavy atom. The summed E-state index contributed by atoms with van der Waals surface area (Å²) >= 11 is 0. The molecule has 7 heteroatoms. The van der Waals surface area contributed by atoms with Crippen molar-refractivity contribution in [2.24, 2.45) is 4.99 Å². The molecule has 1 saturated heterocycles. The first-order chi connectivity index (χ1) is 11.7. The Kier molecular flexibility index (Phi) is 11.8. The molecule has 0 aromatic rings. The molecule has 2 unspecified atom stereocenters. The third-order valence-electron chi connectivity index (χ3n) is 3.85. The van der Waals surface area contributed by atoms with Crippen molar-refractivity contribution in [2.45, 2.75) is 38.9 Å². The van der Waals surface area contributed by atoms with Crippen molar-refractivity contribution in [3.8, 4) is 0 Å². The van der Waals surface area contributed by atoms with Gasteiger partial charge in [0.05, 0.1) is 25.4 Å². The molecule has 2 atom stereocenters. The zero-order chi connectivity index (χ0) is 17.6.